The lowest BCUT2D eigenvalue weighted by Crippen LogP contribution is -2.05. The van der Waals surface area contributed by atoms with E-state index in [1.165, 1.54) is 16.8 Å². The molecule has 1 atom stereocenters. The smallest absolute Gasteiger partial charge is 0.0555 e. The quantitative estimate of drug-likeness (QED) is 0.816. The maximum atomic E-state index is 3.57. The van der Waals surface area contributed by atoms with Crippen LogP contribution in [0.2, 0.25) is 0 Å². The summed E-state index contributed by atoms with van der Waals surface area (Å²) in [5, 5.41) is 6.71. The topological polar surface area (TPSA) is 24.1 Å². The highest BCUT2D eigenvalue weighted by Gasteiger charge is 2.20. The first-order valence-corrected chi connectivity index (χ1v) is 5.99. The van der Waals surface area contributed by atoms with Gasteiger partial charge in [-0.1, -0.05) is 30.3 Å². The number of hydrogen-bond acceptors (Lipinski definition) is 2. The standard InChI is InChI=1S/C15H16N2/c1-16-13-8-6-11(7-9-13)15-10-12-4-2-3-5-14(12)17-15/h2-9,15-17H,10H2,1H3. The highest BCUT2D eigenvalue weighted by Crippen LogP contribution is 2.33. The SMILES string of the molecule is CNc1ccc(C2Cc3ccccc3N2)cc1. The third kappa shape index (κ3) is 1.86. The van der Waals surface area contributed by atoms with Crippen molar-refractivity contribution in [2.75, 3.05) is 17.7 Å². The number of nitrogens with one attached hydrogen (secondary N) is 2. The lowest BCUT2D eigenvalue weighted by molar-refractivity contribution is 0.824. The summed E-state index contributed by atoms with van der Waals surface area (Å²) in [6.45, 7) is 0. The Morgan fingerprint density at radius 3 is 2.53 bits per heavy atom. The summed E-state index contributed by atoms with van der Waals surface area (Å²) in [6, 6.07) is 17.6. The van der Waals surface area contributed by atoms with Crippen molar-refractivity contribution in [2.24, 2.45) is 0 Å². The zero-order valence-corrected chi connectivity index (χ0v) is 9.90. The van der Waals surface area contributed by atoms with E-state index in [-0.39, 0.29) is 0 Å². The zero-order valence-electron chi connectivity index (χ0n) is 9.90. The molecule has 0 aliphatic carbocycles. The minimum atomic E-state index is 0.415. The third-order valence-corrected chi connectivity index (χ3v) is 3.37. The van der Waals surface area contributed by atoms with Crippen molar-refractivity contribution in [3.05, 3.63) is 59.7 Å². The van der Waals surface area contributed by atoms with Gasteiger partial charge in [-0.3, -0.25) is 0 Å². The molecule has 2 aromatic rings. The Morgan fingerprint density at radius 1 is 1.06 bits per heavy atom. The fraction of sp³-hybridized carbons (Fsp3) is 0.200. The third-order valence-electron chi connectivity index (χ3n) is 3.37. The van der Waals surface area contributed by atoms with Crippen LogP contribution >= 0.6 is 0 Å². The predicted molar refractivity (Wildman–Crippen MR) is 72.5 cm³/mol. The molecule has 1 unspecified atom stereocenters. The summed E-state index contributed by atoms with van der Waals surface area (Å²) >= 11 is 0. The van der Waals surface area contributed by atoms with Gasteiger partial charge >= 0.3 is 0 Å². The van der Waals surface area contributed by atoms with Gasteiger partial charge < -0.3 is 10.6 Å². The number of fused-ring (bicyclic) bond motifs is 1. The monoisotopic (exact) mass is 224 g/mol. The molecule has 0 spiro atoms. The molecule has 2 nitrogen and oxygen atoms in total. The molecule has 2 aromatic carbocycles. The summed E-state index contributed by atoms with van der Waals surface area (Å²) in [5.74, 6) is 0. The van der Waals surface area contributed by atoms with Gasteiger partial charge in [-0.15, -0.1) is 0 Å². The molecule has 86 valence electrons. The van der Waals surface area contributed by atoms with Crippen molar-refractivity contribution in [1.82, 2.24) is 0 Å². The van der Waals surface area contributed by atoms with E-state index >= 15 is 0 Å². The lowest BCUT2D eigenvalue weighted by atomic mass is 10.0. The summed E-state index contributed by atoms with van der Waals surface area (Å²) in [7, 11) is 1.94. The largest absolute Gasteiger partial charge is 0.388 e. The summed E-state index contributed by atoms with van der Waals surface area (Å²) < 4.78 is 0. The number of anilines is 2. The first-order chi connectivity index (χ1) is 8.36. The first-order valence-electron chi connectivity index (χ1n) is 5.99. The van der Waals surface area contributed by atoms with E-state index in [2.05, 4.69) is 59.2 Å². The van der Waals surface area contributed by atoms with E-state index in [0.717, 1.165) is 12.1 Å². The Kier molecular flexibility index (Phi) is 2.48. The van der Waals surface area contributed by atoms with Gasteiger partial charge in [-0.2, -0.15) is 0 Å². The van der Waals surface area contributed by atoms with Crippen molar-refractivity contribution in [2.45, 2.75) is 12.5 Å². The number of para-hydroxylation sites is 1. The van der Waals surface area contributed by atoms with Crippen LogP contribution in [0.1, 0.15) is 17.2 Å². The molecule has 0 amide bonds. The van der Waals surface area contributed by atoms with E-state index in [4.69, 9.17) is 0 Å². The van der Waals surface area contributed by atoms with Crippen LogP contribution in [0.25, 0.3) is 0 Å². The Bertz CT molecular complexity index is 492. The van der Waals surface area contributed by atoms with Crippen molar-refractivity contribution in [3.8, 4) is 0 Å². The lowest BCUT2D eigenvalue weighted by Gasteiger charge is -2.12. The molecular weight excluding hydrogens is 208 g/mol. The van der Waals surface area contributed by atoms with Crippen molar-refractivity contribution in [1.29, 1.82) is 0 Å². The Hall–Kier alpha value is -1.96. The van der Waals surface area contributed by atoms with Crippen molar-refractivity contribution in [3.63, 3.8) is 0 Å². The van der Waals surface area contributed by atoms with Gasteiger partial charge in [0.05, 0.1) is 6.04 Å². The number of rotatable bonds is 2. The van der Waals surface area contributed by atoms with Gasteiger partial charge in [0.1, 0.15) is 0 Å². The van der Waals surface area contributed by atoms with Crippen LogP contribution in [0.5, 0.6) is 0 Å². The molecule has 1 heterocycles. The molecule has 0 aromatic heterocycles. The highest BCUT2D eigenvalue weighted by atomic mass is 14.9. The normalized spacial score (nSPS) is 17.4. The Balaban J connectivity index is 1.83. The Labute approximate surface area is 102 Å². The van der Waals surface area contributed by atoms with Crippen LogP contribution in [0.3, 0.4) is 0 Å². The van der Waals surface area contributed by atoms with Crippen LogP contribution in [0.4, 0.5) is 11.4 Å². The van der Waals surface area contributed by atoms with E-state index in [9.17, 15) is 0 Å². The molecule has 2 heteroatoms. The molecule has 2 N–H and O–H groups in total. The molecule has 1 aliphatic heterocycles. The second kappa shape index (κ2) is 4.13. The molecular formula is C15H16N2. The second-order valence-electron chi connectivity index (χ2n) is 4.43. The summed E-state index contributed by atoms with van der Waals surface area (Å²) in [4.78, 5) is 0. The maximum Gasteiger partial charge on any atom is 0.0555 e. The molecule has 0 radical (unpaired) electrons. The van der Waals surface area contributed by atoms with E-state index in [1.807, 2.05) is 7.05 Å². The zero-order chi connectivity index (χ0) is 11.7. The predicted octanol–water partition coefficient (Wildman–Crippen LogP) is 3.44. The van der Waals surface area contributed by atoms with Crippen molar-refractivity contribution < 1.29 is 0 Å². The van der Waals surface area contributed by atoms with Gasteiger partial charge in [0, 0.05) is 18.4 Å². The van der Waals surface area contributed by atoms with Gasteiger partial charge in [0.25, 0.3) is 0 Å². The molecule has 17 heavy (non-hydrogen) atoms. The second-order valence-corrected chi connectivity index (χ2v) is 4.43. The Morgan fingerprint density at radius 2 is 1.82 bits per heavy atom. The van der Waals surface area contributed by atoms with E-state index in [1.54, 1.807) is 0 Å². The molecule has 3 rings (SSSR count). The average Bonchev–Trinajstić information content (AvgIpc) is 2.82. The summed E-state index contributed by atoms with van der Waals surface area (Å²) in [5.41, 5.74) is 5.19. The fourth-order valence-electron chi connectivity index (χ4n) is 2.38. The molecule has 0 fully saturated rings. The van der Waals surface area contributed by atoms with Crippen LogP contribution in [0, 0.1) is 0 Å². The minimum absolute atomic E-state index is 0.415. The average molecular weight is 224 g/mol. The highest BCUT2D eigenvalue weighted by molar-refractivity contribution is 5.58. The van der Waals surface area contributed by atoms with Crippen molar-refractivity contribution >= 4 is 11.4 Å². The molecule has 0 saturated carbocycles. The number of hydrogen-bond donors (Lipinski definition) is 2. The first kappa shape index (κ1) is 10.2. The van der Waals surface area contributed by atoms with Gasteiger partial charge in [-0.05, 0) is 35.7 Å². The summed E-state index contributed by atoms with van der Waals surface area (Å²) in [6.07, 6.45) is 1.08. The molecule has 1 aliphatic rings. The molecule has 0 saturated heterocycles. The van der Waals surface area contributed by atoms with Crippen LogP contribution in [-0.2, 0) is 6.42 Å². The van der Waals surface area contributed by atoms with E-state index in [0.29, 0.717) is 6.04 Å². The van der Waals surface area contributed by atoms with E-state index < -0.39 is 0 Å². The van der Waals surface area contributed by atoms with Crippen LogP contribution in [-0.4, -0.2) is 7.05 Å². The van der Waals surface area contributed by atoms with Gasteiger partial charge in [0.15, 0.2) is 0 Å². The molecule has 0 bridgehead atoms. The maximum absolute atomic E-state index is 3.57. The van der Waals surface area contributed by atoms with Crippen LogP contribution < -0.4 is 10.6 Å². The van der Waals surface area contributed by atoms with Gasteiger partial charge in [-0.25, -0.2) is 0 Å². The van der Waals surface area contributed by atoms with Crippen LogP contribution in [0.15, 0.2) is 48.5 Å². The fourth-order valence-corrected chi connectivity index (χ4v) is 2.38. The number of benzene rings is 2. The minimum Gasteiger partial charge on any atom is -0.388 e. The van der Waals surface area contributed by atoms with Gasteiger partial charge in [0.2, 0.25) is 0 Å².